The van der Waals surface area contributed by atoms with Crippen molar-refractivity contribution in [3.8, 4) is 5.69 Å². The number of nitrogens with two attached hydrogens (primary N) is 1. The molecule has 0 bridgehead atoms. The topological polar surface area (TPSA) is 30.9 Å². The van der Waals surface area contributed by atoms with E-state index >= 15 is 0 Å². The van der Waals surface area contributed by atoms with Crippen molar-refractivity contribution >= 4 is 27.5 Å². The first-order valence-corrected chi connectivity index (χ1v) is 6.69. The third kappa shape index (κ3) is 1.45. The summed E-state index contributed by atoms with van der Waals surface area (Å²) >= 11 is 0. The fourth-order valence-electron chi connectivity index (χ4n) is 2.89. The Kier molecular flexibility index (Phi) is 2.30. The molecule has 1 heterocycles. The molecule has 0 unspecified atom stereocenters. The molecule has 2 N–H and O–H groups in total. The van der Waals surface area contributed by atoms with Crippen LogP contribution in [0.1, 0.15) is 0 Å². The number of benzene rings is 3. The quantitative estimate of drug-likeness (QED) is 0.505. The number of rotatable bonds is 1. The van der Waals surface area contributed by atoms with E-state index in [0.717, 1.165) is 16.9 Å². The largest absolute Gasteiger partial charge is 0.397 e. The van der Waals surface area contributed by atoms with Gasteiger partial charge in [0.2, 0.25) is 0 Å². The fraction of sp³-hybridized carbons (Fsp3) is 0. The van der Waals surface area contributed by atoms with Crippen molar-refractivity contribution in [1.82, 2.24) is 4.57 Å². The van der Waals surface area contributed by atoms with Gasteiger partial charge in [0.1, 0.15) is 0 Å². The summed E-state index contributed by atoms with van der Waals surface area (Å²) in [5, 5.41) is 2.43. The molecular formula is C18H14N2. The van der Waals surface area contributed by atoms with Crippen LogP contribution in [-0.2, 0) is 0 Å². The van der Waals surface area contributed by atoms with Crippen LogP contribution in [0.4, 0.5) is 5.69 Å². The van der Waals surface area contributed by atoms with Gasteiger partial charge in [0, 0.05) is 16.5 Å². The van der Waals surface area contributed by atoms with Gasteiger partial charge in [-0.1, -0.05) is 48.5 Å². The standard InChI is InChI=1S/C18H14N2/c19-16-11-6-10-15-14-9-4-5-12-17(14)20(18(15)16)13-7-2-1-3-8-13/h1-12H,19H2. The first-order valence-electron chi connectivity index (χ1n) is 6.69. The molecule has 96 valence electrons. The van der Waals surface area contributed by atoms with E-state index in [9.17, 15) is 0 Å². The van der Waals surface area contributed by atoms with Gasteiger partial charge in [-0.15, -0.1) is 0 Å². The lowest BCUT2D eigenvalue weighted by molar-refractivity contribution is 1.18. The van der Waals surface area contributed by atoms with Gasteiger partial charge in [-0.05, 0) is 24.3 Å². The van der Waals surface area contributed by atoms with Crippen LogP contribution in [-0.4, -0.2) is 4.57 Å². The minimum atomic E-state index is 0.808. The Bertz CT molecular complexity index is 905. The Hall–Kier alpha value is -2.74. The Morgan fingerprint density at radius 2 is 1.35 bits per heavy atom. The van der Waals surface area contributed by atoms with Crippen molar-refractivity contribution < 1.29 is 0 Å². The monoisotopic (exact) mass is 258 g/mol. The Labute approximate surface area is 117 Å². The molecular weight excluding hydrogens is 244 g/mol. The number of anilines is 1. The maximum Gasteiger partial charge on any atom is 0.0771 e. The molecule has 2 nitrogen and oxygen atoms in total. The summed E-state index contributed by atoms with van der Waals surface area (Å²) in [6.45, 7) is 0. The first kappa shape index (κ1) is 11.1. The molecule has 0 saturated heterocycles. The molecule has 0 amide bonds. The highest BCUT2D eigenvalue weighted by Gasteiger charge is 2.13. The van der Waals surface area contributed by atoms with Gasteiger partial charge >= 0.3 is 0 Å². The van der Waals surface area contributed by atoms with Gasteiger partial charge in [-0.25, -0.2) is 0 Å². The predicted molar refractivity (Wildman–Crippen MR) is 85.2 cm³/mol. The summed E-state index contributed by atoms with van der Waals surface area (Å²) in [5.74, 6) is 0. The van der Waals surface area contributed by atoms with Crippen LogP contribution in [0, 0.1) is 0 Å². The van der Waals surface area contributed by atoms with Gasteiger partial charge in [-0.2, -0.15) is 0 Å². The third-order valence-corrected chi connectivity index (χ3v) is 3.74. The van der Waals surface area contributed by atoms with Crippen LogP contribution >= 0.6 is 0 Å². The molecule has 0 radical (unpaired) electrons. The second-order valence-electron chi connectivity index (χ2n) is 4.93. The van der Waals surface area contributed by atoms with Crippen molar-refractivity contribution in [2.24, 2.45) is 0 Å². The molecule has 0 saturated carbocycles. The van der Waals surface area contributed by atoms with Gasteiger partial charge in [0.25, 0.3) is 0 Å². The van der Waals surface area contributed by atoms with Gasteiger partial charge in [-0.3, -0.25) is 0 Å². The molecule has 0 aliphatic rings. The predicted octanol–water partition coefficient (Wildman–Crippen LogP) is 4.37. The number of aromatic nitrogens is 1. The maximum absolute atomic E-state index is 6.24. The summed E-state index contributed by atoms with van der Waals surface area (Å²) in [7, 11) is 0. The molecule has 0 atom stereocenters. The summed E-state index contributed by atoms with van der Waals surface area (Å²) in [6.07, 6.45) is 0. The van der Waals surface area contributed by atoms with Crippen LogP contribution in [0.2, 0.25) is 0 Å². The van der Waals surface area contributed by atoms with E-state index in [1.165, 1.54) is 16.3 Å². The SMILES string of the molecule is Nc1cccc2c3ccccc3n(-c3ccccc3)c12. The van der Waals surface area contributed by atoms with Crippen LogP contribution in [0.15, 0.2) is 72.8 Å². The van der Waals surface area contributed by atoms with Crippen LogP contribution in [0.3, 0.4) is 0 Å². The minimum Gasteiger partial charge on any atom is -0.397 e. The Morgan fingerprint density at radius 1 is 0.650 bits per heavy atom. The van der Waals surface area contributed by atoms with E-state index in [2.05, 4.69) is 59.2 Å². The zero-order valence-corrected chi connectivity index (χ0v) is 11.0. The second-order valence-corrected chi connectivity index (χ2v) is 4.93. The third-order valence-electron chi connectivity index (χ3n) is 3.74. The first-order chi connectivity index (χ1) is 9.86. The average molecular weight is 258 g/mol. The average Bonchev–Trinajstić information content (AvgIpc) is 2.84. The molecule has 20 heavy (non-hydrogen) atoms. The highest BCUT2D eigenvalue weighted by molar-refractivity contribution is 6.12. The van der Waals surface area contributed by atoms with E-state index in [-0.39, 0.29) is 0 Å². The Balaban J connectivity index is 2.27. The van der Waals surface area contributed by atoms with Crippen LogP contribution in [0.25, 0.3) is 27.5 Å². The molecule has 0 fully saturated rings. The zero-order chi connectivity index (χ0) is 13.5. The van der Waals surface area contributed by atoms with Crippen molar-refractivity contribution in [3.05, 3.63) is 72.8 Å². The summed E-state index contributed by atoms with van der Waals surface area (Å²) in [6, 6.07) is 24.9. The summed E-state index contributed by atoms with van der Waals surface area (Å²) in [5.41, 5.74) is 10.5. The normalized spacial score (nSPS) is 11.2. The molecule has 1 aromatic heterocycles. The maximum atomic E-state index is 6.24. The molecule has 0 aliphatic carbocycles. The smallest absolute Gasteiger partial charge is 0.0771 e. The van der Waals surface area contributed by atoms with Gasteiger partial charge < -0.3 is 10.3 Å². The number of hydrogen-bond donors (Lipinski definition) is 1. The minimum absolute atomic E-state index is 0.808. The van der Waals surface area contributed by atoms with E-state index in [1.54, 1.807) is 0 Å². The number of para-hydroxylation sites is 3. The molecule has 0 aliphatic heterocycles. The van der Waals surface area contributed by atoms with E-state index < -0.39 is 0 Å². The number of fused-ring (bicyclic) bond motifs is 3. The van der Waals surface area contributed by atoms with E-state index in [1.807, 2.05) is 18.2 Å². The molecule has 0 spiro atoms. The molecule has 4 rings (SSSR count). The second kappa shape index (κ2) is 4.14. The van der Waals surface area contributed by atoms with Gasteiger partial charge in [0.15, 0.2) is 0 Å². The van der Waals surface area contributed by atoms with Crippen molar-refractivity contribution in [2.75, 3.05) is 5.73 Å². The lowest BCUT2D eigenvalue weighted by Gasteiger charge is -2.08. The van der Waals surface area contributed by atoms with Crippen molar-refractivity contribution in [2.45, 2.75) is 0 Å². The fourth-order valence-corrected chi connectivity index (χ4v) is 2.89. The van der Waals surface area contributed by atoms with Crippen LogP contribution in [0.5, 0.6) is 0 Å². The highest BCUT2D eigenvalue weighted by atomic mass is 15.0. The molecule has 2 heteroatoms. The summed E-state index contributed by atoms with van der Waals surface area (Å²) in [4.78, 5) is 0. The van der Waals surface area contributed by atoms with Crippen LogP contribution < -0.4 is 5.73 Å². The van der Waals surface area contributed by atoms with Gasteiger partial charge in [0.05, 0.1) is 16.7 Å². The number of hydrogen-bond acceptors (Lipinski definition) is 1. The van der Waals surface area contributed by atoms with E-state index in [4.69, 9.17) is 5.73 Å². The van der Waals surface area contributed by atoms with E-state index in [0.29, 0.717) is 0 Å². The highest BCUT2D eigenvalue weighted by Crippen LogP contribution is 2.34. The summed E-state index contributed by atoms with van der Waals surface area (Å²) < 4.78 is 2.24. The molecule has 3 aromatic carbocycles. The molecule has 4 aromatic rings. The van der Waals surface area contributed by atoms with Crippen molar-refractivity contribution in [3.63, 3.8) is 0 Å². The number of nitrogens with zero attached hydrogens (tertiary/aromatic N) is 1. The lowest BCUT2D eigenvalue weighted by Crippen LogP contribution is -1.96. The number of nitrogen functional groups attached to an aromatic ring is 1. The zero-order valence-electron chi connectivity index (χ0n) is 11.0. The lowest BCUT2D eigenvalue weighted by atomic mass is 10.1. The van der Waals surface area contributed by atoms with Crippen molar-refractivity contribution in [1.29, 1.82) is 0 Å². The Morgan fingerprint density at radius 3 is 2.20 bits per heavy atom.